The minimum atomic E-state index is -4.27. The summed E-state index contributed by atoms with van der Waals surface area (Å²) in [7, 11) is 0. The molecular weight excluding hydrogens is 247 g/mol. The minimum Gasteiger partial charge on any atom is -0.491 e. The zero-order chi connectivity index (χ0) is 13.6. The number of aryl methyl sites for hydroxylation is 1. The van der Waals surface area contributed by atoms with Gasteiger partial charge in [-0.2, -0.15) is 13.2 Å². The number of hydrogen-bond donors (Lipinski definition) is 2. The molecule has 0 spiro atoms. The molecule has 18 heavy (non-hydrogen) atoms. The fourth-order valence-electron chi connectivity index (χ4n) is 1.34. The number of nitrogens with one attached hydrogen (secondary N) is 1. The highest BCUT2D eigenvalue weighted by Gasteiger charge is 2.26. The van der Waals surface area contributed by atoms with Gasteiger partial charge in [0.25, 0.3) is 0 Å². The third-order valence-corrected chi connectivity index (χ3v) is 2.14. The van der Waals surface area contributed by atoms with Crippen molar-refractivity contribution in [3.8, 4) is 5.75 Å². The molecule has 102 valence electrons. The Labute approximate surface area is 104 Å². The second kappa shape index (κ2) is 6.61. The number of aliphatic hydroxyl groups excluding tert-OH is 1. The molecule has 1 aromatic rings. The first-order chi connectivity index (χ1) is 8.37. The molecule has 0 aliphatic rings. The molecule has 0 saturated carbocycles. The van der Waals surface area contributed by atoms with Crippen LogP contribution in [-0.2, 0) is 0 Å². The number of aliphatic hydroxyl groups is 1. The van der Waals surface area contributed by atoms with E-state index in [1.54, 1.807) is 18.2 Å². The summed E-state index contributed by atoms with van der Waals surface area (Å²) in [6, 6.07) is 7.21. The molecule has 3 nitrogen and oxygen atoms in total. The first-order valence-corrected chi connectivity index (χ1v) is 5.52. The van der Waals surface area contributed by atoms with E-state index in [1.165, 1.54) is 0 Å². The molecule has 0 heterocycles. The van der Waals surface area contributed by atoms with Gasteiger partial charge in [-0.25, -0.2) is 0 Å². The lowest BCUT2D eigenvalue weighted by Crippen LogP contribution is -2.37. The van der Waals surface area contributed by atoms with Gasteiger partial charge in [0.15, 0.2) is 0 Å². The summed E-state index contributed by atoms with van der Waals surface area (Å²) in [6.45, 7) is 0.572. The number of alkyl halides is 3. The van der Waals surface area contributed by atoms with Crippen molar-refractivity contribution < 1.29 is 23.0 Å². The molecule has 6 heteroatoms. The Hall–Kier alpha value is -1.27. The van der Waals surface area contributed by atoms with Crippen LogP contribution in [0.1, 0.15) is 5.56 Å². The average Bonchev–Trinajstić information content (AvgIpc) is 2.25. The van der Waals surface area contributed by atoms with Gasteiger partial charge < -0.3 is 15.2 Å². The van der Waals surface area contributed by atoms with Gasteiger partial charge in [0, 0.05) is 6.54 Å². The Morgan fingerprint density at radius 1 is 1.39 bits per heavy atom. The maximum absolute atomic E-state index is 11.8. The van der Waals surface area contributed by atoms with E-state index in [4.69, 9.17) is 4.74 Å². The largest absolute Gasteiger partial charge is 0.491 e. The van der Waals surface area contributed by atoms with Crippen molar-refractivity contribution in [3.05, 3.63) is 29.8 Å². The van der Waals surface area contributed by atoms with Crippen molar-refractivity contribution in [2.75, 3.05) is 19.7 Å². The van der Waals surface area contributed by atoms with Crippen LogP contribution in [0.3, 0.4) is 0 Å². The first-order valence-electron chi connectivity index (χ1n) is 5.52. The predicted molar refractivity (Wildman–Crippen MR) is 61.6 cm³/mol. The maximum atomic E-state index is 11.8. The van der Waals surface area contributed by atoms with E-state index < -0.39 is 18.8 Å². The molecule has 0 bridgehead atoms. The predicted octanol–water partition coefficient (Wildman–Crippen LogP) is 1.89. The Morgan fingerprint density at radius 2 is 2.11 bits per heavy atom. The lowest BCUT2D eigenvalue weighted by atomic mass is 10.2. The molecule has 0 aromatic heterocycles. The second-order valence-electron chi connectivity index (χ2n) is 4.03. The lowest BCUT2D eigenvalue weighted by Gasteiger charge is -2.14. The van der Waals surface area contributed by atoms with Gasteiger partial charge >= 0.3 is 6.18 Å². The summed E-state index contributed by atoms with van der Waals surface area (Å²) in [5, 5.41) is 11.5. The van der Waals surface area contributed by atoms with Crippen molar-refractivity contribution in [1.82, 2.24) is 5.32 Å². The molecule has 1 atom stereocenters. The number of rotatable bonds is 6. The summed E-state index contributed by atoms with van der Waals surface area (Å²) in [4.78, 5) is 0. The van der Waals surface area contributed by atoms with E-state index in [0.717, 1.165) is 5.56 Å². The monoisotopic (exact) mass is 263 g/mol. The number of hydrogen-bond acceptors (Lipinski definition) is 3. The highest BCUT2D eigenvalue weighted by Crippen LogP contribution is 2.13. The highest BCUT2D eigenvalue weighted by atomic mass is 19.4. The van der Waals surface area contributed by atoms with Crippen LogP contribution in [0, 0.1) is 6.92 Å². The van der Waals surface area contributed by atoms with Gasteiger partial charge in [-0.3, -0.25) is 0 Å². The normalized spacial score (nSPS) is 13.4. The van der Waals surface area contributed by atoms with E-state index in [2.05, 4.69) is 5.32 Å². The van der Waals surface area contributed by atoms with Crippen molar-refractivity contribution in [2.24, 2.45) is 0 Å². The lowest BCUT2D eigenvalue weighted by molar-refractivity contribution is -0.125. The van der Waals surface area contributed by atoms with Gasteiger partial charge in [0.05, 0.1) is 6.54 Å². The Bertz CT molecular complexity index is 369. The molecule has 0 amide bonds. The standard InChI is InChI=1S/C12H16F3NO2/c1-9-3-2-4-11(5-9)18-7-10(17)6-16-8-12(13,14)15/h2-5,10,16-17H,6-8H2,1H3. The molecule has 0 saturated heterocycles. The highest BCUT2D eigenvalue weighted by molar-refractivity contribution is 5.27. The molecule has 1 aromatic carbocycles. The van der Waals surface area contributed by atoms with Crippen molar-refractivity contribution >= 4 is 0 Å². The molecule has 0 fully saturated rings. The van der Waals surface area contributed by atoms with Gasteiger partial charge in [-0.15, -0.1) is 0 Å². The van der Waals surface area contributed by atoms with Crippen LogP contribution in [-0.4, -0.2) is 37.1 Å². The minimum absolute atomic E-state index is 0.0473. The zero-order valence-electron chi connectivity index (χ0n) is 10.00. The third-order valence-electron chi connectivity index (χ3n) is 2.14. The van der Waals surface area contributed by atoms with E-state index >= 15 is 0 Å². The fraction of sp³-hybridized carbons (Fsp3) is 0.500. The van der Waals surface area contributed by atoms with Gasteiger partial charge in [-0.05, 0) is 24.6 Å². The molecule has 1 rings (SSSR count). The molecular formula is C12H16F3NO2. The second-order valence-corrected chi connectivity index (χ2v) is 4.03. The average molecular weight is 263 g/mol. The molecule has 0 aliphatic carbocycles. The van der Waals surface area contributed by atoms with Crippen molar-refractivity contribution in [1.29, 1.82) is 0 Å². The van der Waals surface area contributed by atoms with Crippen LogP contribution < -0.4 is 10.1 Å². The maximum Gasteiger partial charge on any atom is 0.401 e. The fourth-order valence-corrected chi connectivity index (χ4v) is 1.34. The Balaban J connectivity index is 2.23. The zero-order valence-corrected chi connectivity index (χ0v) is 10.00. The molecule has 0 radical (unpaired) electrons. The third kappa shape index (κ3) is 6.46. The van der Waals surface area contributed by atoms with Crippen molar-refractivity contribution in [3.63, 3.8) is 0 Å². The summed E-state index contributed by atoms with van der Waals surface area (Å²) in [5.41, 5.74) is 1.01. The summed E-state index contributed by atoms with van der Waals surface area (Å²) in [5.74, 6) is 0.588. The summed E-state index contributed by atoms with van der Waals surface area (Å²) in [6.07, 6.45) is -5.25. The number of halogens is 3. The topological polar surface area (TPSA) is 41.5 Å². The SMILES string of the molecule is Cc1cccc(OCC(O)CNCC(F)(F)F)c1. The van der Waals surface area contributed by atoms with Crippen LogP contribution >= 0.6 is 0 Å². The summed E-state index contributed by atoms with van der Waals surface area (Å²) >= 11 is 0. The first kappa shape index (κ1) is 14.8. The Kier molecular flexibility index (Phi) is 5.43. The van der Waals surface area contributed by atoms with Crippen LogP contribution in [0.2, 0.25) is 0 Å². The van der Waals surface area contributed by atoms with Crippen LogP contribution in [0.5, 0.6) is 5.75 Å². The van der Waals surface area contributed by atoms with E-state index in [9.17, 15) is 18.3 Å². The Morgan fingerprint density at radius 3 is 2.72 bits per heavy atom. The molecule has 2 N–H and O–H groups in total. The van der Waals surface area contributed by atoms with Gasteiger partial charge in [0.2, 0.25) is 0 Å². The van der Waals surface area contributed by atoms with Crippen molar-refractivity contribution in [2.45, 2.75) is 19.2 Å². The van der Waals surface area contributed by atoms with E-state index in [1.807, 2.05) is 13.0 Å². The molecule has 1 unspecified atom stereocenters. The van der Waals surface area contributed by atoms with Crippen LogP contribution in [0.25, 0.3) is 0 Å². The van der Waals surface area contributed by atoms with Gasteiger partial charge in [-0.1, -0.05) is 12.1 Å². The van der Waals surface area contributed by atoms with Crippen LogP contribution in [0.15, 0.2) is 24.3 Å². The number of ether oxygens (including phenoxy) is 1. The van der Waals surface area contributed by atoms with E-state index in [0.29, 0.717) is 5.75 Å². The van der Waals surface area contributed by atoms with Gasteiger partial charge in [0.1, 0.15) is 18.5 Å². The van der Waals surface area contributed by atoms with Crippen LogP contribution in [0.4, 0.5) is 13.2 Å². The van der Waals surface area contributed by atoms with E-state index in [-0.39, 0.29) is 13.2 Å². The summed E-state index contributed by atoms with van der Waals surface area (Å²) < 4.78 is 40.7. The smallest absolute Gasteiger partial charge is 0.401 e. The quantitative estimate of drug-likeness (QED) is 0.823. The molecule has 0 aliphatic heterocycles. The number of benzene rings is 1.